The average molecular weight is 587 g/mol. The van der Waals surface area contributed by atoms with Crippen molar-refractivity contribution in [2.24, 2.45) is 17.8 Å². The molecule has 1 aromatic heterocycles. The lowest BCUT2D eigenvalue weighted by Crippen LogP contribution is -2.56. The van der Waals surface area contributed by atoms with Crippen LogP contribution in [0.15, 0.2) is 36.4 Å². The Bertz CT molecular complexity index is 1390. The summed E-state index contributed by atoms with van der Waals surface area (Å²) >= 11 is 12.5. The fraction of sp³-hybridized carbons (Fsp3) is 0.500. The Morgan fingerprint density at radius 3 is 2.50 bits per heavy atom. The van der Waals surface area contributed by atoms with Crippen LogP contribution in [-0.4, -0.2) is 53.2 Å². The van der Waals surface area contributed by atoms with Crippen molar-refractivity contribution in [3.8, 4) is 0 Å². The third kappa shape index (κ3) is 6.26. The number of hydrogen-bond donors (Lipinski definition) is 1. The van der Waals surface area contributed by atoms with E-state index in [-0.39, 0.29) is 18.0 Å². The Balaban J connectivity index is 0.00000103. The first-order valence-corrected chi connectivity index (χ1v) is 14.7. The van der Waals surface area contributed by atoms with Crippen LogP contribution in [0.5, 0.6) is 0 Å². The zero-order chi connectivity index (χ0) is 28.4. The topological polar surface area (TPSA) is 78.4 Å². The normalized spacial score (nSPS) is 23.8. The van der Waals surface area contributed by atoms with Gasteiger partial charge in [0.25, 0.3) is 0 Å². The molecule has 0 spiro atoms. The van der Waals surface area contributed by atoms with Crippen molar-refractivity contribution >= 4 is 52.0 Å². The maximum atomic E-state index is 14.2. The third-order valence-electron chi connectivity index (χ3n) is 8.64. The lowest BCUT2D eigenvalue weighted by molar-refractivity contribution is -0.191. The van der Waals surface area contributed by atoms with Crippen LogP contribution in [0.1, 0.15) is 51.1 Å². The van der Waals surface area contributed by atoms with Crippen LogP contribution in [0, 0.1) is 23.6 Å². The summed E-state index contributed by atoms with van der Waals surface area (Å²) in [6.45, 7) is 8.83. The molecule has 0 radical (unpaired) electrons. The number of piperidine rings is 1. The minimum atomic E-state index is -0.309. The summed E-state index contributed by atoms with van der Waals surface area (Å²) in [7, 11) is 0. The molecule has 2 atom stereocenters. The van der Waals surface area contributed by atoms with Gasteiger partial charge in [-0.2, -0.15) is 14.6 Å². The van der Waals surface area contributed by atoms with Crippen molar-refractivity contribution in [1.82, 2.24) is 14.9 Å². The second-order valence-corrected chi connectivity index (χ2v) is 12.3. The van der Waals surface area contributed by atoms with Gasteiger partial charge in [-0.1, -0.05) is 36.2 Å². The number of benzene rings is 2. The van der Waals surface area contributed by atoms with E-state index in [9.17, 15) is 4.39 Å². The lowest BCUT2D eigenvalue weighted by Gasteiger charge is -2.50. The molecule has 7 nitrogen and oxygen atoms in total. The Labute approximate surface area is 244 Å². The number of halogens is 3. The highest BCUT2D eigenvalue weighted by Gasteiger charge is 2.40. The number of likely N-dealkylation sites (tertiary alicyclic amines) is 1. The molecule has 3 aliphatic rings. The van der Waals surface area contributed by atoms with Gasteiger partial charge in [0.05, 0.1) is 11.6 Å². The number of carbonyl (C=O) groups excluding carboxylic acids is 2. The molecule has 1 saturated carbocycles. The molecular formula is C30H34Cl2FN5O2. The van der Waals surface area contributed by atoms with Crippen LogP contribution in [0.3, 0.4) is 0 Å². The van der Waals surface area contributed by atoms with Crippen LogP contribution in [0.4, 0.5) is 16.2 Å². The summed E-state index contributed by atoms with van der Waals surface area (Å²) < 4.78 is 14.2. The van der Waals surface area contributed by atoms with Crippen molar-refractivity contribution < 1.29 is 14.0 Å². The molecular weight excluding hydrogens is 552 g/mol. The predicted octanol–water partition coefficient (Wildman–Crippen LogP) is 6.61. The van der Waals surface area contributed by atoms with E-state index in [1.165, 1.54) is 50.9 Å². The molecule has 0 amide bonds. The van der Waals surface area contributed by atoms with Gasteiger partial charge in [0, 0.05) is 41.1 Å². The van der Waals surface area contributed by atoms with Gasteiger partial charge in [0.15, 0.2) is 0 Å². The zero-order valence-corrected chi connectivity index (χ0v) is 24.3. The van der Waals surface area contributed by atoms with E-state index in [0.29, 0.717) is 33.1 Å². The van der Waals surface area contributed by atoms with Crippen LogP contribution < -0.4 is 10.2 Å². The summed E-state index contributed by atoms with van der Waals surface area (Å²) in [4.78, 5) is 31.0. The number of hydrogen-bond acceptors (Lipinski definition) is 7. The van der Waals surface area contributed by atoms with Gasteiger partial charge in [0.2, 0.25) is 5.95 Å². The number of nitrogens with one attached hydrogen (secondary N) is 1. The number of nitrogens with zero attached hydrogens (tertiary/aromatic N) is 4. The Kier molecular flexibility index (Phi) is 8.91. The molecule has 6 rings (SSSR count). The third-order valence-corrected chi connectivity index (χ3v) is 9.20. The molecule has 40 heavy (non-hydrogen) atoms. The maximum Gasteiger partial charge on any atom is 0.373 e. The lowest BCUT2D eigenvalue weighted by atomic mass is 9.76. The second-order valence-electron chi connectivity index (χ2n) is 11.4. The number of aromatic nitrogens is 2. The van der Waals surface area contributed by atoms with Gasteiger partial charge >= 0.3 is 6.15 Å². The van der Waals surface area contributed by atoms with Crippen molar-refractivity contribution in [3.05, 3.63) is 57.8 Å². The molecule has 0 unspecified atom stereocenters. The van der Waals surface area contributed by atoms with E-state index in [4.69, 9.17) is 42.8 Å². The molecule has 1 aliphatic carbocycles. The summed E-state index contributed by atoms with van der Waals surface area (Å²) in [6.07, 6.45) is 5.61. The van der Waals surface area contributed by atoms with Crippen molar-refractivity contribution in [3.63, 3.8) is 0 Å². The Morgan fingerprint density at radius 2 is 1.80 bits per heavy atom. The van der Waals surface area contributed by atoms with Gasteiger partial charge in [-0.05, 0) is 92.8 Å². The smallest absolute Gasteiger partial charge is 0.363 e. The van der Waals surface area contributed by atoms with Crippen molar-refractivity contribution in [1.29, 1.82) is 0 Å². The van der Waals surface area contributed by atoms with E-state index < -0.39 is 0 Å². The predicted molar refractivity (Wildman–Crippen MR) is 155 cm³/mol. The van der Waals surface area contributed by atoms with Gasteiger partial charge in [-0.25, -0.2) is 9.37 Å². The van der Waals surface area contributed by atoms with Crippen LogP contribution >= 0.6 is 23.2 Å². The number of anilines is 2. The van der Waals surface area contributed by atoms with Crippen molar-refractivity contribution in [2.45, 2.75) is 51.6 Å². The molecule has 212 valence electrons. The van der Waals surface area contributed by atoms with Gasteiger partial charge in [-0.3, -0.25) is 0 Å². The fourth-order valence-corrected chi connectivity index (χ4v) is 6.94. The quantitative estimate of drug-likeness (QED) is 0.348. The highest BCUT2D eigenvalue weighted by molar-refractivity contribution is 6.35. The SMILES string of the molecule is CC1CC(N2CCC[C@H](C3CN(c4nc(N[C@H](C)c5ccc(Cl)cc5Cl)c5cc(F)ccc5n4)C3)C2)C1.O=C=O. The summed E-state index contributed by atoms with van der Waals surface area (Å²) in [6, 6.07) is 10.8. The molecule has 2 aromatic carbocycles. The Hall–Kier alpha value is -2.77. The molecule has 0 bridgehead atoms. The standard InChI is InChI=1S/C29H34Cl2FN5.CO2/c1-17-10-23(11-17)36-9-3-4-19(14-36)20-15-37(16-20)29-34-27-8-6-22(32)13-25(27)28(35-29)33-18(2)24-7-5-21(30)12-26(24)31;2-1-3/h5-8,12-13,17-20,23H,3-4,9-11,14-16H2,1-2H3,(H,33,34,35);/t17?,18-,19+,23?;/m1./s1. The molecule has 3 fully saturated rings. The van der Waals surface area contributed by atoms with E-state index in [1.807, 2.05) is 19.1 Å². The summed E-state index contributed by atoms with van der Waals surface area (Å²) in [5.41, 5.74) is 1.64. The average Bonchev–Trinajstić information content (AvgIpc) is 2.87. The van der Waals surface area contributed by atoms with E-state index in [2.05, 4.69) is 22.0 Å². The number of rotatable bonds is 6. The largest absolute Gasteiger partial charge is 0.373 e. The first-order valence-electron chi connectivity index (χ1n) is 13.9. The summed E-state index contributed by atoms with van der Waals surface area (Å²) in [5.74, 6) is 3.33. The molecule has 2 aliphatic heterocycles. The molecule has 3 aromatic rings. The first-order chi connectivity index (χ1) is 19.2. The zero-order valence-electron chi connectivity index (χ0n) is 22.7. The van der Waals surface area contributed by atoms with Crippen LogP contribution in [0.25, 0.3) is 10.9 Å². The van der Waals surface area contributed by atoms with Gasteiger partial charge in [0.1, 0.15) is 11.6 Å². The highest BCUT2D eigenvalue weighted by atomic mass is 35.5. The van der Waals surface area contributed by atoms with Crippen molar-refractivity contribution in [2.75, 3.05) is 36.4 Å². The van der Waals surface area contributed by atoms with Crippen LogP contribution in [-0.2, 0) is 9.59 Å². The van der Waals surface area contributed by atoms with Crippen LogP contribution in [0.2, 0.25) is 10.0 Å². The second kappa shape index (κ2) is 12.4. The van der Waals surface area contributed by atoms with E-state index in [0.717, 1.165) is 42.0 Å². The van der Waals surface area contributed by atoms with Gasteiger partial charge < -0.3 is 15.1 Å². The minimum Gasteiger partial charge on any atom is -0.363 e. The first kappa shape index (κ1) is 28.7. The fourth-order valence-electron chi connectivity index (χ4n) is 6.36. The highest BCUT2D eigenvalue weighted by Crippen LogP contribution is 2.39. The Morgan fingerprint density at radius 1 is 1.05 bits per heavy atom. The van der Waals surface area contributed by atoms with E-state index >= 15 is 0 Å². The molecule has 2 saturated heterocycles. The molecule has 10 heteroatoms. The monoisotopic (exact) mass is 585 g/mol. The maximum absolute atomic E-state index is 14.2. The number of fused-ring (bicyclic) bond motifs is 1. The minimum absolute atomic E-state index is 0.148. The summed E-state index contributed by atoms with van der Waals surface area (Å²) in [5, 5.41) is 5.30. The van der Waals surface area contributed by atoms with Gasteiger partial charge in [-0.15, -0.1) is 0 Å². The molecule has 1 N–H and O–H groups in total. The van der Waals surface area contributed by atoms with E-state index in [1.54, 1.807) is 12.1 Å². The molecule has 3 heterocycles.